The van der Waals surface area contributed by atoms with Gasteiger partial charge in [0.05, 0.1) is 23.1 Å². The Balaban J connectivity index is 1.64. The molecular weight excluding hydrogens is 416 g/mol. The highest BCUT2D eigenvalue weighted by atomic mass is 32.2. The molecular formula is C22H28N4O4S. The Morgan fingerprint density at radius 1 is 1.19 bits per heavy atom. The van der Waals surface area contributed by atoms with Crippen LogP contribution in [0, 0.1) is 6.92 Å². The summed E-state index contributed by atoms with van der Waals surface area (Å²) in [7, 11) is -3.37. The highest BCUT2D eigenvalue weighted by Crippen LogP contribution is 2.31. The predicted molar refractivity (Wildman–Crippen MR) is 117 cm³/mol. The van der Waals surface area contributed by atoms with E-state index in [1.165, 1.54) is 4.31 Å². The number of hydrogen-bond donors (Lipinski definition) is 1. The first-order valence-electron chi connectivity index (χ1n) is 10.8. The van der Waals surface area contributed by atoms with E-state index in [0.29, 0.717) is 42.2 Å². The number of nitrogens with one attached hydrogen (secondary N) is 1. The van der Waals surface area contributed by atoms with Gasteiger partial charge in [0.15, 0.2) is 0 Å². The van der Waals surface area contributed by atoms with Crippen molar-refractivity contribution in [3.8, 4) is 0 Å². The van der Waals surface area contributed by atoms with E-state index in [1.807, 2.05) is 31.2 Å². The van der Waals surface area contributed by atoms with E-state index in [9.17, 15) is 18.0 Å². The molecule has 2 aliphatic rings. The minimum Gasteiger partial charge on any atom is -0.328 e. The average molecular weight is 445 g/mol. The number of aryl methyl sites for hydroxylation is 1. The van der Waals surface area contributed by atoms with Gasteiger partial charge in [-0.3, -0.25) is 9.59 Å². The Bertz CT molecular complexity index is 1140. The molecule has 31 heavy (non-hydrogen) atoms. The van der Waals surface area contributed by atoms with Crippen molar-refractivity contribution in [3.05, 3.63) is 62.8 Å². The van der Waals surface area contributed by atoms with Gasteiger partial charge in [0.2, 0.25) is 10.0 Å². The summed E-state index contributed by atoms with van der Waals surface area (Å²) in [4.78, 5) is 35.4. The van der Waals surface area contributed by atoms with Crippen molar-refractivity contribution >= 4 is 15.9 Å². The van der Waals surface area contributed by atoms with Gasteiger partial charge in [-0.25, -0.2) is 13.4 Å². The number of aromatic amines is 1. The molecule has 1 atom stereocenters. The van der Waals surface area contributed by atoms with Gasteiger partial charge in [-0.15, -0.1) is 0 Å². The maximum absolute atomic E-state index is 13.2. The highest BCUT2D eigenvalue weighted by molar-refractivity contribution is 7.89. The zero-order chi connectivity index (χ0) is 22.2. The molecule has 9 heteroatoms. The molecule has 2 aliphatic heterocycles. The fourth-order valence-corrected chi connectivity index (χ4v) is 5.38. The number of benzene rings is 1. The summed E-state index contributed by atoms with van der Waals surface area (Å²) >= 11 is 0. The van der Waals surface area contributed by atoms with Crippen molar-refractivity contribution in [1.29, 1.82) is 0 Å². The standard InChI is InChI=1S/C22H28N4O4S/c1-3-31(29,30)25-13-11-18-17(14-25)21(27)24-20(23-18)19-6-4-5-12-26(19)22(28)16-9-7-15(2)8-10-16/h7-10,19H,3-6,11-14H2,1-2H3,(H,23,24,27)/t19-/m0/s1. The Morgan fingerprint density at radius 3 is 2.65 bits per heavy atom. The summed E-state index contributed by atoms with van der Waals surface area (Å²) in [6, 6.07) is 7.20. The van der Waals surface area contributed by atoms with Gasteiger partial charge >= 0.3 is 0 Å². The van der Waals surface area contributed by atoms with Gasteiger partial charge in [0.25, 0.3) is 11.5 Å². The van der Waals surface area contributed by atoms with Crippen LogP contribution in [0.3, 0.4) is 0 Å². The summed E-state index contributed by atoms with van der Waals surface area (Å²) in [6.45, 7) is 4.55. The van der Waals surface area contributed by atoms with Gasteiger partial charge in [0.1, 0.15) is 5.82 Å². The first kappa shape index (κ1) is 21.7. The fraction of sp³-hybridized carbons (Fsp3) is 0.500. The molecule has 0 unspecified atom stereocenters. The van der Waals surface area contributed by atoms with E-state index in [4.69, 9.17) is 4.98 Å². The quantitative estimate of drug-likeness (QED) is 0.778. The molecule has 166 valence electrons. The summed E-state index contributed by atoms with van der Waals surface area (Å²) in [5.41, 5.74) is 2.43. The van der Waals surface area contributed by atoms with Crippen LogP contribution in [0.15, 0.2) is 29.1 Å². The number of carbonyl (C=O) groups excluding carboxylic acids is 1. The monoisotopic (exact) mass is 444 g/mol. The van der Waals surface area contributed by atoms with E-state index >= 15 is 0 Å². The molecule has 1 amide bonds. The van der Waals surface area contributed by atoms with Gasteiger partial charge in [-0.05, 0) is 45.2 Å². The maximum atomic E-state index is 13.2. The first-order valence-corrected chi connectivity index (χ1v) is 12.4. The minimum atomic E-state index is -3.37. The summed E-state index contributed by atoms with van der Waals surface area (Å²) < 4.78 is 25.8. The molecule has 0 aliphatic carbocycles. The zero-order valence-corrected chi connectivity index (χ0v) is 18.7. The highest BCUT2D eigenvalue weighted by Gasteiger charge is 2.33. The lowest BCUT2D eigenvalue weighted by Crippen LogP contribution is -2.43. The topological polar surface area (TPSA) is 103 Å². The number of H-pyrrole nitrogens is 1. The molecule has 2 aromatic rings. The Kier molecular flexibility index (Phi) is 5.98. The van der Waals surface area contributed by atoms with E-state index in [2.05, 4.69) is 4.98 Å². The molecule has 0 spiro atoms. The molecule has 0 bridgehead atoms. The van der Waals surface area contributed by atoms with Crippen LogP contribution in [0.4, 0.5) is 0 Å². The van der Waals surface area contributed by atoms with Crippen LogP contribution >= 0.6 is 0 Å². The number of carbonyl (C=O) groups is 1. The van der Waals surface area contributed by atoms with Crippen LogP contribution in [0.5, 0.6) is 0 Å². The summed E-state index contributed by atoms with van der Waals surface area (Å²) in [5, 5.41) is 0. The fourth-order valence-electron chi connectivity index (χ4n) is 4.32. The molecule has 0 radical (unpaired) electrons. The summed E-state index contributed by atoms with van der Waals surface area (Å²) in [6.07, 6.45) is 2.98. The number of piperidine rings is 1. The molecule has 1 N–H and O–H groups in total. The third kappa shape index (κ3) is 4.29. The lowest BCUT2D eigenvalue weighted by Gasteiger charge is -2.35. The Hall–Kier alpha value is -2.52. The number of amides is 1. The number of aromatic nitrogens is 2. The van der Waals surface area contributed by atoms with Gasteiger partial charge in [-0.1, -0.05) is 17.7 Å². The Labute approximate surface area is 182 Å². The molecule has 1 aromatic heterocycles. The molecule has 3 heterocycles. The van der Waals surface area contributed by atoms with Crippen molar-refractivity contribution in [2.45, 2.75) is 52.1 Å². The number of nitrogens with zero attached hydrogens (tertiary/aromatic N) is 3. The van der Waals surface area contributed by atoms with E-state index in [1.54, 1.807) is 11.8 Å². The van der Waals surface area contributed by atoms with Crippen molar-refractivity contribution in [3.63, 3.8) is 0 Å². The van der Waals surface area contributed by atoms with Crippen LogP contribution in [0.25, 0.3) is 0 Å². The largest absolute Gasteiger partial charge is 0.328 e. The van der Waals surface area contributed by atoms with E-state index in [0.717, 1.165) is 24.8 Å². The first-order chi connectivity index (χ1) is 14.8. The van der Waals surface area contributed by atoms with Crippen LogP contribution in [0.2, 0.25) is 0 Å². The van der Waals surface area contributed by atoms with Crippen LogP contribution in [0.1, 0.15) is 65.2 Å². The van der Waals surface area contributed by atoms with Crippen LogP contribution in [-0.4, -0.2) is 52.3 Å². The molecule has 4 rings (SSSR count). The van der Waals surface area contributed by atoms with Gasteiger partial charge < -0.3 is 9.88 Å². The van der Waals surface area contributed by atoms with E-state index in [-0.39, 0.29) is 29.8 Å². The normalized spacial score (nSPS) is 19.8. The van der Waals surface area contributed by atoms with Gasteiger partial charge in [0, 0.05) is 31.6 Å². The van der Waals surface area contributed by atoms with Crippen molar-refractivity contribution in [2.75, 3.05) is 18.8 Å². The second-order valence-electron chi connectivity index (χ2n) is 8.24. The third-order valence-corrected chi connectivity index (χ3v) is 8.02. The molecule has 1 saturated heterocycles. The molecule has 1 aromatic carbocycles. The maximum Gasteiger partial charge on any atom is 0.255 e. The number of fused-ring (bicyclic) bond motifs is 1. The van der Waals surface area contributed by atoms with Crippen LogP contribution < -0.4 is 5.56 Å². The SMILES string of the molecule is CCS(=O)(=O)N1CCc2nc([C@@H]3CCCCN3C(=O)c3ccc(C)cc3)[nH]c(=O)c2C1. The average Bonchev–Trinajstić information content (AvgIpc) is 2.78. The number of hydrogen-bond acceptors (Lipinski definition) is 5. The van der Waals surface area contributed by atoms with Crippen molar-refractivity contribution < 1.29 is 13.2 Å². The molecule has 1 fully saturated rings. The molecule has 8 nitrogen and oxygen atoms in total. The second-order valence-corrected chi connectivity index (χ2v) is 10.5. The summed E-state index contributed by atoms with van der Waals surface area (Å²) in [5.74, 6) is 0.435. The van der Waals surface area contributed by atoms with Gasteiger partial charge in [-0.2, -0.15) is 4.31 Å². The lowest BCUT2D eigenvalue weighted by molar-refractivity contribution is 0.0599. The Morgan fingerprint density at radius 2 is 1.94 bits per heavy atom. The number of rotatable bonds is 4. The zero-order valence-electron chi connectivity index (χ0n) is 17.9. The number of sulfonamides is 1. The lowest BCUT2D eigenvalue weighted by atomic mass is 9.99. The van der Waals surface area contributed by atoms with E-state index < -0.39 is 10.0 Å². The second kappa shape index (κ2) is 8.55. The predicted octanol–water partition coefficient (Wildman–Crippen LogP) is 2.15. The van der Waals surface area contributed by atoms with Crippen molar-refractivity contribution in [2.24, 2.45) is 0 Å². The van der Waals surface area contributed by atoms with Crippen molar-refractivity contribution in [1.82, 2.24) is 19.2 Å². The third-order valence-electron chi connectivity index (χ3n) is 6.19. The number of likely N-dealkylation sites (tertiary alicyclic amines) is 1. The molecule has 0 saturated carbocycles. The minimum absolute atomic E-state index is 0.00388. The van der Waals surface area contributed by atoms with Crippen LogP contribution in [-0.2, 0) is 23.0 Å². The smallest absolute Gasteiger partial charge is 0.255 e.